The van der Waals surface area contributed by atoms with Crippen LogP contribution in [0.15, 0.2) is 51.9 Å². The molecule has 0 spiro atoms. The predicted molar refractivity (Wildman–Crippen MR) is 87.1 cm³/mol. The fourth-order valence-corrected chi connectivity index (χ4v) is 4.66. The summed E-state index contributed by atoms with van der Waals surface area (Å²) in [6, 6.07) is 5.02. The van der Waals surface area contributed by atoms with E-state index < -0.39 is 10.0 Å². The van der Waals surface area contributed by atoms with Gasteiger partial charge >= 0.3 is 0 Å². The summed E-state index contributed by atoms with van der Waals surface area (Å²) in [6.07, 6.45) is 6.62. The molecular weight excluding hydrogens is 348 g/mol. The number of fused-ring (bicyclic) bond motifs is 1. The third-order valence-corrected chi connectivity index (χ3v) is 6.39. The Kier molecular flexibility index (Phi) is 3.94. The maximum Gasteiger partial charge on any atom is 0.253 e. The van der Waals surface area contributed by atoms with Crippen molar-refractivity contribution in [3.8, 4) is 0 Å². The first-order valence-electron chi connectivity index (χ1n) is 7.44. The Labute approximate surface area is 143 Å². The molecule has 4 rings (SSSR count). The molecule has 0 aliphatic carbocycles. The lowest BCUT2D eigenvalue weighted by Gasteiger charge is -2.15. The normalized spacial score (nSPS) is 16.0. The Morgan fingerprint density at radius 1 is 1.12 bits per heavy atom. The van der Waals surface area contributed by atoms with Gasteiger partial charge in [-0.25, -0.2) is 22.9 Å². The van der Waals surface area contributed by atoms with Gasteiger partial charge in [-0.1, -0.05) is 0 Å². The fourth-order valence-electron chi connectivity index (χ4n) is 2.51. The summed E-state index contributed by atoms with van der Waals surface area (Å²) in [5.41, 5.74) is 0. The first-order chi connectivity index (χ1) is 11.6. The smallest absolute Gasteiger partial charge is 0.248 e. The number of rotatable bonds is 4. The maximum atomic E-state index is 12.5. The van der Waals surface area contributed by atoms with Crippen molar-refractivity contribution in [2.75, 3.05) is 13.1 Å². The summed E-state index contributed by atoms with van der Waals surface area (Å²) >= 11 is 1.26. The van der Waals surface area contributed by atoms with Gasteiger partial charge in [0.2, 0.25) is 15.2 Å². The van der Waals surface area contributed by atoms with E-state index in [1.54, 1.807) is 35.1 Å². The molecule has 0 aromatic carbocycles. The van der Waals surface area contributed by atoms with Crippen LogP contribution in [-0.2, 0) is 10.0 Å². The summed E-state index contributed by atoms with van der Waals surface area (Å²) in [5.74, 6) is 0.508. The number of hydrogen-bond acceptors (Lipinski definition) is 7. The van der Waals surface area contributed by atoms with Crippen molar-refractivity contribution < 1.29 is 8.42 Å². The molecule has 24 heavy (non-hydrogen) atoms. The van der Waals surface area contributed by atoms with E-state index in [4.69, 9.17) is 0 Å². The fraction of sp³-hybridized carbons (Fsp3) is 0.286. The highest BCUT2D eigenvalue weighted by Crippen LogP contribution is 2.25. The van der Waals surface area contributed by atoms with Gasteiger partial charge in [0.05, 0.1) is 0 Å². The minimum Gasteiger partial charge on any atom is -0.248 e. The van der Waals surface area contributed by atoms with Crippen molar-refractivity contribution in [2.24, 2.45) is 0 Å². The number of nitrogens with zero attached hydrogens (tertiary/aromatic N) is 6. The highest BCUT2D eigenvalue weighted by Gasteiger charge is 2.27. The van der Waals surface area contributed by atoms with Crippen molar-refractivity contribution in [1.82, 2.24) is 28.9 Å². The number of hydrogen-bond donors (Lipinski definition) is 0. The van der Waals surface area contributed by atoms with Crippen LogP contribution in [0.4, 0.5) is 0 Å². The topological polar surface area (TPSA) is 93.3 Å². The zero-order valence-corrected chi connectivity index (χ0v) is 14.2. The zero-order chi connectivity index (χ0) is 16.6. The maximum absolute atomic E-state index is 12.5. The number of aromatic nitrogens is 5. The van der Waals surface area contributed by atoms with Gasteiger partial charge in [-0.15, -0.1) is 5.10 Å². The quantitative estimate of drug-likeness (QED) is 0.693. The van der Waals surface area contributed by atoms with E-state index in [1.165, 1.54) is 22.3 Å². The average Bonchev–Trinajstić information content (AvgIpc) is 3.25. The molecule has 0 unspecified atom stereocenters. The van der Waals surface area contributed by atoms with Gasteiger partial charge in [0.15, 0.2) is 0 Å². The Morgan fingerprint density at radius 2 is 1.96 bits per heavy atom. The number of pyridine rings is 1. The van der Waals surface area contributed by atoms with Crippen molar-refractivity contribution in [1.29, 1.82) is 0 Å². The molecule has 0 saturated carbocycles. The third kappa shape index (κ3) is 2.87. The largest absolute Gasteiger partial charge is 0.253 e. The molecule has 3 aromatic rings. The van der Waals surface area contributed by atoms with E-state index in [1.807, 2.05) is 0 Å². The van der Waals surface area contributed by atoms with E-state index in [2.05, 4.69) is 20.1 Å². The van der Waals surface area contributed by atoms with E-state index in [9.17, 15) is 8.42 Å². The lowest BCUT2D eigenvalue weighted by molar-refractivity contribution is 0.477. The minimum absolute atomic E-state index is 0.221. The van der Waals surface area contributed by atoms with E-state index in [-0.39, 0.29) is 4.90 Å². The SMILES string of the molecule is O=S(=O)(c1ccc(Sc2nc3ncccn3n2)nc1)N1CCCC1. The Bertz CT molecular complexity index is 931. The van der Waals surface area contributed by atoms with Gasteiger partial charge in [-0.2, -0.15) is 9.29 Å². The van der Waals surface area contributed by atoms with Gasteiger partial charge in [0, 0.05) is 31.7 Å². The van der Waals surface area contributed by atoms with Gasteiger partial charge < -0.3 is 0 Å². The molecule has 0 bridgehead atoms. The summed E-state index contributed by atoms with van der Waals surface area (Å²) in [7, 11) is -3.43. The van der Waals surface area contributed by atoms with Crippen LogP contribution >= 0.6 is 11.8 Å². The molecule has 1 aliphatic heterocycles. The average molecular weight is 362 g/mol. The van der Waals surface area contributed by atoms with Crippen LogP contribution in [-0.4, -0.2) is 50.4 Å². The van der Waals surface area contributed by atoms with E-state index in [0.717, 1.165) is 12.8 Å². The second-order valence-electron chi connectivity index (χ2n) is 5.30. The zero-order valence-electron chi connectivity index (χ0n) is 12.6. The summed E-state index contributed by atoms with van der Waals surface area (Å²) in [6.45, 7) is 1.16. The van der Waals surface area contributed by atoms with Crippen molar-refractivity contribution in [2.45, 2.75) is 27.9 Å². The third-order valence-electron chi connectivity index (χ3n) is 3.71. The standard InChI is InChI=1S/C14H14N6O2S2/c21-24(22,19-7-1-2-8-19)11-4-5-12(16-10-11)23-14-17-13-15-6-3-9-20(13)18-14/h3-6,9-10H,1-2,7-8H2. The molecule has 0 N–H and O–H groups in total. The van der Waals surface area contributed by atoms with Gasteiger partial charge in [0.25, 0.3) is 5.78 Å². The molecule has 1 aliphatic rings. The monoisotopic (exact) mass is 362 g/mol. The van der Waals surface area contributed by atoms with Crippen LogP contribution in [0.25, 0.3) is 5.78 Å². The van der Waals surface area contributed by atoms with Crippen molar-refractivity contribution in [3.05, 3.63) is 36.8 Å². The van der Waals surface area contributed by atoms with Crippen LogP contribution in [0.3, 0.4) is 0 Å². The van der Waals surface area contributed by atoms with Crippen LogP contribution in [0.5, 0.6) is 0 Å². The Balaban J connectivity index is 1.55. The molecule has 0 amide bonds. The van der Waals surface area contributed by atoms with Crippen LogP contribution in [0.1, 0.15) is 12.8 Å². The Hall–Kier alpha value is -2.04. The van der Waals surface area contributed by atoms with Crippen molar-refractivity contribution >= 4 is 27.6 Å². The van der Waals surface area contributed by atoms with Crippen LogP contribution < -0.4 is 0 Å². The van der Waals surface area contributed by atoms with Gasteiger partial charge in [0.1, 0.15) is 9.92 Å². The molecule has 3 aromatic heterocycles. The molecule has 8 nitrogen and oxygen atoms in total. The molecular formula is C14H14N6O2S2. The molecule has 1 fully saturated rings. The van der Waals surface area contributed by atoms with E-state index >= 15 is 0 Å². The van der Waals surface area contributed by atoms with Gasteiger partial charge in [-0.05, 0) is 42.8 Å². The molecule has 124 valence electrons. The van der Waals surface area contributed by atoms with Crippen molar-refractivity contribution in [3.63, 3.8) is 0 Å². The summed E-state index contributed by atoms with van der Waals surface area (Å²) in [4.78, 5) is 12.8. The molecule has 10 heteroatoms. The highest BCUT2D eigenvalue weighted by molar-refractivity contribution is 7.99. The lowest BCUT2D eigenvalue weighted by atomic mass is 10.4. The number of sulfonamides is 1. The summed E-state index contributed by atoms with van der Waals surface area (Å²) in [5, 5.41) is 5.42. The first kappa shape index (κ1) is 15.5. The minimum atomic E-state index is -3.43. The summed E-state index contributed by atoms with van der Waals surface area (Å²) < 4.78 is 28.0. The highest BCUT2D eigenvalue weighted by atomic mass is 32.2. The predicted octanol–water partition coefficient (Wildman–Crippen LogP) is 1.46. The Morgan fingerprint density at radius 3 is 2.67 bits per heavy atom. The second-order valence-corrected chi connectivity index (χ2v) is 8.23. The van der Waals surface area contributed by atoms with Gasteiger partial charge in [-0.3, -0.25) is 0 Å². The molecule has 0 atom stereocenters. The first-order valence-corrected chi connectivity index (χ1v) is 9.70. The molecule has 4 heterocycles. The molecule has 0 radical (unpaired) electrons. The lowest BCUT2D eigenvalue weighted by Crippen LogP contribution is -2.27. The molecule has 1 saturated heterocycles. The van der Waals surface area contributed by atoms with E-state index in [0.29, 0.717) is 29.0 Å². The van der Waals surface area contributed by atoms with Crippen LogP contribution in [0, 0.1) is 0 Å². The second kappa shape index (κ2) is 6.11. The van der Waals surface area contributed by atoms with Crippen LogP contribution in [0.2, 0.25) is 0 Å².